The van der Waals surface area contributed by atoms with Crippen molar-refractivity contribution in [2.75, 3.05) is 13.2 Å². The number of amides is 1. The highest BCUT2D eigenvalue weighted by atomic mass is 19.4. The zero-order valence-corrected chi connectivity index (χ0v) is 16.9. The lowest BCUT2D eigenvalue weighted by Crippen LogP contribution is -2.41. The molecule has 1 saturated heterocycles. The summed E-state index contributed by atoms with van der Waals surface area (Å²) in [6, 6.07) is 11.2. The summed E-state index contributed by atoms with van der Waals surface area (Å²) in [7, 11) is 0. The van der Waals surface area contributed by atoms with Crippen LogP contribution in [-0.4, -0.2) is 39.1 Å². The van der Waals surface area contributed by atoms with Gasteiger partial charge in [-0.05, 0) is 49.6 Å². The van der Waals surface area contributed by atoms with E-state index in [2.05, 4.69) is 15.2 Å². The quantitative estimate of drug-likeness (QED) is 0.572. The number of carbonyl (C=O) groups is 1. The van der Waals surface area contributed by atoms with Crippen molar-refractivity contribution >= 4 is 5.91 Å². The third kappa shape index (κ3) is 4.74. The van der Waals surface area contributed by atoms with Gasteiger partial charge in [0.25, 0.3) is 5.91 Å². The molecule has 1 N–H and O–H groups in total. The second-order valence-electron chi connectivity index (χ2n) is 7.44. The van der Waals surface area contributed by atoms with Crippen molar-refractivity contribution in [3.63, 3.8) is 0 Å². The number of H-pyrrole nitrogens is 1. The van der Waals surface area contributed by atoms with Gasteiger partial charge in [0.15, 0.2) is 12.4 Å². The number of alkyl halides is 3. The van der Waals surface area contributed by atoms with E-state index >= 15 is 0 Å². The monoisotopic (exact) mass is 448 g/mol. The van der Waals surface area contributed by atoms with Gasteiger partial charge in [0, 0.05) is 12.1 Å². The molecule has 1 fully saturated rings. The molecule has 0 saturated carbocycles. The molecule has 1 atom stereocenters. The van der Waals surface area contributed by atoms with Crippen LogP contribution in [0.15, 0.2) is 48.5 Å². The number of ether oxygens (including phenoxy) is 1. The first-order valence-electron chi connectivity index (χ1n) is 10.1. The largest absolute Gasteiger partial charge is 0.484 e. The molecule has 4 rings (SSSR count). The number of halogens is 4. The Hall–Kier alpha value is -3.43. The number of carbonyl (C=O) groups excluding carboxylic acids is 1. The number of aromatic amines is 1. The van der Waals surface area contributed by atoms with Crippen molar-refractivity contribution < 1.29 is 27.1 Å². The van der Waals surface area contributed by atoms with Crippen LogP contribution in [0.25, 0.3) is 11.4 Å². The predicted molar refractivity (Wildman–Crippen MR) is 107 cm³/mol. The number of aromatic nitrogens is 3. The Bertz CT molecular complexity index is 1090. The minimum absolute atomic E-state index is 0.00371. The van der Waals surface area contributed by atoms with Crippen LogP contribution >= 0.6 is 0 Å². The molecule has 0 spiro atoms. The number of hydrogen-bond acceptors (Lipinski definition) is 4. The third-order valence-corrected chi connectivity index (χ3v) is 5.28. The van der Waals surface area contributed by atoms with Crippen LogP contribution in [0.2, 0.25) is 0 Å². The molecule has 0 aliphatic carbocycles. The average molecular weight is 448 g/mol. The second-order valence-corrected chi connectivity index (χ2v) is 7.44. The highest BCUT2D eigenvalue weighted by Crippen LogP contribution is 2.34. The second kappa shape index (κ2) is 8.97. The Balaban J connectivity index is 1.52. The van der Waals surface area contributed by atoms with Crippen molar-refractivity contribution in [2.45, 2.75) is 31.5 Å². The summed E-state index contributed by atoms with van der Waals surface area (Å²) < 4.78 is 58.2. The molecule has 2 heterocycles. The fourth-order valence-corrected chi connectivity index (χ4v) is 3.69. The number of likely N-dealkylation sites (tertiary alicyclic amines) is 1. The topological polar surface area (TPSA) is 71.1 Å². The fourth-order valence-electron chi connectivity index (χ4n) is 3.69. The molecule has 1 amide bonds. The predicted octanol–water partition coefficient (Wildman–Crippen LogP) is 4.76. The Morgan fingerprint density at radius 1 is 1.16 bits per heavy atom. The maximum absolute atomic E-state index is 13.6. The molecule has 32 heavy (non-hydrogen) atoms. The van der Waals surface area contributed by atoms with E-state index < -0.39 is 23.6 Å². The molecular formula is C22H20F4N4O2. The molecular weight excluding hydrogens is 428 g/mol. The Kier molecular flexibility index (Phi) is 6.11. The van der Waals surface area contributed by atoms with Gasteiger partial charge in [-0.3, -0.25) is 9.89 Å². The van der Waals surface area contributed by atoms with E-state index in [0.717, 1.165) is 18.9 Å². The van der Waals surface area contributed by atoms with E-state index in [0.29, 0.717) is 30.6 Å². The van der Waals surface area contributed by atoms with E-state index in [9.17, 15) is 22.4 Å². The van der Waals surface area contributed by atoms with E-state index in [4.69, 9.17) is 4.74 Å². The van der Waals surface area contributed by atoms with Crippen LogP contribution in [0, 0.1) is 5.82 Å². The maximum atomic E-state index is 13.6. The normalized spacial score (nSPS) is 16.8. The van der Waals surface area contributed by atoms with Crippen molar-refractivity contribution in [3.05, 3.63) is 65.7 Å². The van der Waals surface area contributed by atoms with Crippen LogP contribution in [0.5, 0.6) is 5.75 Å². The molecule has 1 aliphatic rings. The van der Waals surface area contributed by atoms with Crippen LogP contribution < -0.4 is 4.74 Å². The van der Waals surface area contributed by atoms with Gasteiger partial charge in [-0.2, -0.15) is 18.3 Å². The molecule has 6 nitrogen and oxygen atoms in total. The highest BCUT2D eigenvalue weighted by Gasteiger charge is 2.35. The molecule has 168 valence electrons. The smallest absolute Gasteiger partial charge is 0.419 e. The number of para-hydroxylation sites is 1. The van der Waals surface area contributed by atoms with Crippen molar-refractivity contribution in [1.82, 2.24) is 20.1 Å². The maximum Gasteiger partial charge on any atom is 0.419 e. The van der Waals surface area contributed by atoms with Crippen LogP contribution in [0.1, 0.15) is 36.7 Å². The van der Waals surface area contributed by atoms with E-state index in [-0.39, 0.29) is 23.9 Å². The van der Waals surface area contributed by atoms with Gasteiger partial charge in [0.05, 0.1) is 11.6 Å². The summed E-state index contributed by atoms with van der Waals surface area (Å²) in [5.74, 6) is -0.639. The lowest BCUT2D eigenvalue weighted by Gasteiger charge is -2.34. The first-order valence-corrected chi connectivity index (χ1v) is 10.1. The number of rotatable bonds is 5. The van der Waals surface area contributed by atoms with Gasteiger partial charge < -0.3 is 9.64 Å². The molecule has 1 aromatic heterocycles. The highest BCUT2D eigenvalue weighted by molar-refractivity contribution is 5.78. The lowest BCUT2D eigenvalue weighted by atomic mass is 10.0. The Morgan fingerprint density at radius 2 is 1.94 bits per heavy atom. The van der Waals surface area contributed by atoms with Crippen LogP contribution in [0.4, 0.5) is 17.6 Å². The molecule has 0 radical (unpaired) electrons. The van der Waals surface area contributed by atoms with Crippen molar-refractivity contribution in [2.24, 2.45) is 0 Å². The summed E-state index contributed by atoms with van der Waals surface area (Å²) in [5, 5.41) is 6.74. The van der Waals surface area contributed by atoms with Gasteiger partial charge in [-0.25, -0.2) is 9.37 Å². The zero-order valence-electron chi connectivity index (χ0n) is 16.9. The number of benzene rings is 2. The first kappa shape index (κ1) is 21.8. The van der Waals surface area contributed by atoms with Gasteiger partial charge in [-0.15, -0.1) is 0 Å². The lowest BCUT2D eigenvalue weighted by molar-refractivity contribution is -0.140. The summed E-state index contributed by atoms with van der Waals surface area (Å²) in [6.07, 6.45) is -2.52. The minimum Gasteiger partial charge on any atom is -0.484 e. The van der Waals surface area contributed by atoms with Crippen molar-refractivity contribution in [1.29, 1.82) is 0 Å². The van der Waals surface area contributed by atoms with E-state index in [1.54, 1.807) is 29.2 Å². The van der Waals surface area contributed by atoms with Gasteiger partial charge >= 0.3 is 6.18 Å². The SMILES string of the molecule is O=C(COc1ccccc1)N1CCCC[C@@H]1c1nc(-c2ccc(F)c(C(F)(F)F)c2)n[nH]1. The van der Waals surface area contributed by atoms with Crippen LogP contribution in [-0.2, 0) is 11.0 Å². The van der Waals surface area contributed by atoms with Gasteiger partial charge in [0.2, 0.25) is 0 Å². The number of nitrogens with one attached hydrogen (secondary N) is 1. The zero-order chi connectivity index (χ0) is 22.7. The molecule has 3 aromatic rings. The first-order chi connectivity index (χ1) is 15.3. The minimum atomic E-state index is -4.83. The third-order valence-electron chi connectivity index (χ3n) is 5.28. The molecule has 10 heteroatoms. The number of hydrogen-bond donors (Lipinski definition) is 1. The van der Waals surface area contributed by atoms with Crippen molar-refractivity contribution in [3.8, 4) is 17.1 Å². The van der Waals surface area contributed by atoms with Gasteiger partial charge in [-0.1, -0.05) is 18.2 Å². The summed E-state index contributed by atoms with van der Waals surface area (Å²) in [5.41, 5.74) is -1.35. The summed E-state index contributed by atoms with van der Waals surface area (Å²) in [4.78, 5) is 18.8. The van der Waals surface area contributed by atoms with Crippen LogP contribution in [0.3, 0.4) is 0 Å². The van der Waals surface area contributed by atoms with Gasteiger partial charge in [0.1, 0.15) is 17.4 Å². The molecule has 0 bridgehead atoms. The molecule has 2 aromatic carbocycles. The summed E-state index contributed by atoms with van der Waals surface area (Å²) in [6.45, 7) is 0.362. The fraction of sp³-hybridized carbons (Fsp3) is 0.318. The average Bonchev–Trinajstić information content (AvgIpc) is 3.28. The molecule has 1 aliphatic heterocycles. The summed E-state index contributed by atoms with van der Waals surface area (Å²) >= 11 is 0. The standard InChI is InChI=1S/C22H20F4N4O2/c23-17-10-9-14(12-16(17)22(24,25)26)20-27-21(29-28-20)18-8-4-5-11-30(18)19(31)13-32-15-6-2-1-3-7-15/h1-3,6-7,9-10,12,18H,4-5,8,11,13H2,(H,27,28,29)/t18-/m1/s1. The van der Waals surface area contributed by atoms with E-state index in [1.165, 1.54) is 6.07 Å². The Morgan fingerprint density at radius 3 is 2.69 bits per heavy atom. The number of piperidine rings is 1. The molecule has 0 unspecified atom stereocenters. The number of nitrogens with zero attached hydrogens (tertiary/aromatic N) is 3. The Labute approximate surface area is 181 Å². The van der Waals surface area contributed by atoms with E-state index in [1.807, 2.05) is 6.07 Å².